The van der Waals surface area contributed by atoms with E-state index in [1.165, 1.54) is 6.07 Å². The van der Waals surface area contributed by atoms with Gasteiger partial charge in [0.2, 0.25) is 16.8 Å². The summed E-state index contributed by atoms with van der Waals surface area (Å²) in [5.74, 6) is 1.79. The molecule has 8 heteroatoms. The van der Waals surface area contributed by atoms with Gasteiger partial charge in [-0.05, 0) is 61.7 Å². The third-order valence-corrected chi connectivity index (χ3v) is 5.92. The maximum Gasteiger partial charge on any atom is 0.240 e. The molecule has 0 aromatic heterocycles. The Bertz CT molecular complexity index is 955. The third kappa shape index (κ3) is 4.40. The summed E-state index contributed by atoms with van der Waals surface area (Å²) in [6, 6.07) is 9.74. The number of nitrogens with one attached hydrogen (secondary N) is 1. The minimum Gasteiger partial charge on any atom is -0.493 e. The van der Waals surface area contributed by atoms with Crippen molar-refractivity contribution in [3.63, 3.8) is 0 Å². The highest BCUT2D eigenvalue weighted by molar-refractivity contribution is 7.89. The average molecular weight is 407 g/mol. The highest BCUT2D eigenvalue weighted by Gasteiger charge is 2.28. The second-order valence-electron chi connectivity index (χ2n) is 6.94. The summed E-state index contributed by atoms with van der Waals surface area (Å²) < 4.78 is 44.0. The number of rotatable bonds is 8. The number of fused-ring (bicyclic) bond motifs is 1. The second kappa shape index (κ2) is 7.98. The monoisotopic (exact) mass is 407 g/mol. The number of ether oxygens (including phenoxy) is 3. The molecule has 2 N–H and O–H groups in total. The first-order chi connectivity index (χ1) is 13.2. The molecule has 0 amide bonds. The van der Waals surface area contributed by atoms with Crippen molar-refractivity contribution in [1.29, 1.82) is 0 Å². The summed E-state index contributed by atoms with van der Waals surface area (Å²) in [7, 11) is -3.79. The van der Waals surface area contributed by atoms with Gasteiger partial charge in [-0.3, -0.25) is 0 Å². The van der Waals surface area contributed by atoms with E-state index in [-0.39, 0.29) is 18.2 Å². The molecule has 1 unspecified atom stereocenters. The Kier molecular flexibility index (Phi) is 5.83. The van der Waals surface area contributed by atoms with Gasteiger partial charge >= 0.3 is 0 Å². The van der Waals surface area contributed by atoms with Gasteiger partial charge in [0.15, 0.2) is 11.5 Å². The fourth-order valence-corrected chi connectivity index (χ4v) is 4.03. The highest BCUT2D eigenvalue weighted by atomic mass is 32.2. The van der Waals surface area contributed by atoms with E-state index in [0.717, 1.165) is 12.0 Å². The molecule has 1 atom stereocenters. The van der Waals surface area contributed by atoms with Crippen LogP contribution in [0.5, 0.6) is 17.2 Å². The highest BCUT2D eigenvalue weighted by Crippen LogP contribution is 2.35. The third-order valence-electron chi connectivity index (χ3n) is 4.52. The molecule has 0 spiro atoms. The molecule has 0 fully saturated rings. The van der Waals surface area contributed by atoms with Gasteiger partial charge in [-0.2, -0.15) is 0 Å². The van der Waals surface area contributed by atoms with Gasteiger partial charge < -0.3 is 19.3 Å². The van der Waals surface area contributed by atoms with E-state index in [1.807, 2.05) is 6.92 Å². The number of benzene rings is 2. The standard InChI is InChI=1S/C20H25NO6S/c1-4-9-25-17-8-6-16(10-14(17)2)28(23,24)21-12-20(3,22)15-5-7-18-19(11-15)27-13-26-18/h5-8,10-11,21-22H,4,9,12-13H2,1-3H3. The molecule has 0 bridgehead atoms. The summed E-state index contributed by atoms with van der Waals surface area (Å²) in [5, 5.41) is 10.8. The van der Waals surface area contributed by atoms with Crippen LogP contribution >= 0.6 is 0 Å². The van der Waals surface area contributed by atoms with Gasteiger partial charge in [-0.25, -0.2) is 13.1 Å². The summed E-state index contributed by atoms with van der Waals surface area (Å²) in [5.41, 5.74) is -0.161. The molecule has 0 saturated carbocycles. The van der Waals surface area contributed by atoms with Crippen molar-refractivity contribution < 1.29 is 27.7 Å². The molecule has 2 aromatic rings. The van der Waals surface area contributed by atoms with Crippen molar-refractivity contribution in [2.75, 3.05) is 19.9 Å². The first-order valence-corrected chi connectivity index (χ1v) is 10.6. The number of hydrogen-bond acceptors (Lipinski definition) is 6. The molecular weight excluding hydrogens is 382 g/mol. The van der Waals surface area contributed by atoms with Crippen molar-refractivity contribution in [3.8, 4) is 17.2 Å². The number of hydrogen-bond donors (Lipinski definition) is 2. The zero-order valence-electron chi connectivity index (χ0n) is 16.2. The van der Waals surface area contributed by atoms with Gasteiger partial charge in [-0.1, -0.05) is 13.0 Å². The minimum atomic E-state index is -3.79. The summed E-state index contributed by atoms with van der Waals surface area (Å²) in [6.07, 6.45) is 0.871. The zero-order chi connectivity index (χ0) is 20.4. The Morgan fingerprint density at radius 1 is 1.18 bits per heavy atom. The van der Waals surface area contributed by atoms with Crippen molar-refractivity contribution in [1.82, 2.24) is 4.72 Å². The molecule has 3 rings (SSSR count). The smallest absolute Gasteiger partial charge is 0.240 e. The van der Waals surface area contributed by atoms with Crippen LogP contribution in [-0.2, 0) is 15.6 Å². The SMILES string of the molecule is CCCOc1ccc(S(=O)(=O)NCC(C)(O)c2ccc3c(c2)OCO3)cc1C. The average Bonchev–Trinajstić information content (AvgIpc) is 3.13. The molecule has 0 saturated heterocycles. The van der Waals surface area contributed by atoms with Gasteiger partial charge in [-0.15, -0.1) is 0 Å². The predicted molar refractivity (Wildman–Crippen MR) is 104 cm³/mol. The molecule has 1 heterocycles. The van der Waals surface area contributed by atoms with Crippen LogP contribution in [-0.4, -0.2) is 33.5 Å². The lowest BCUT2D eigenvalue weighted by molar-refractivity contribution is 0.0625. The summed E-state index contributed by atoms with van der Waals surface area (Å²) in [4.78, 5) is 0.121. The van der Waals surface area contributed by atoms with Crippen LogP contribution in [0.25, 0.3) is 0 Å². The van der Waals surface area contributed by atoms with Crippen molar-refractivity contribution in [2.45, 2.75) is 37.7 Å². The second-order valence-corrected chi connectivity index (χ2v) is 8.71. The van der Waals surface area contributed by atoms with Crippen molar-refractivity contribution in [3.05, 3.63) is 47.5 Å². The number of aryl methyl sites for hydroxylation is 1. The Hall–Kier alpha value is -2.29. The van der Waals surface area contributed by atoms with E-state index in [4.69, 9.17) is 14.2 Å². The van der Waals surface area contributed by atoms with Crippen molar-refractivity contribution in [2.24, 2.45) is 0 Å². The fourth-order valence-electron chi connectivity index (χ4n) is 2.82. The first-order valence-electron chi connectivity index (χ1n) is 9.08. The van der Waals surface area contributed by atoms with Gasteiger partial charge in [0, 0.05) is 6.54 Å². The van der Waals surface area contributed by atoms with Crippen molar-refractivity contribution >= 4 is 10.0 Å². The molecular formula is C20H25NO6S. The molecule has 2 aromatic carbocycles. The van der Waals surface area contributed by atoms with Crippen LogP contribution in [0, 0.1) is 6.92 Å². The number of sulfonamides is 1. The summed E-state index contributed by atoms with van der Waals surface area (Å²) >= 11 is 0. The lowest BCUT2D eigenvalue weighted by atomic mass is 9.96. The Balaban J connectivity index is 1.72. The van der Waals surface area contributed by atoms with E-state index < -0.39 is 15.6 Å². The van der Waals surface area contributed by atoms with Gasteiger partial charge in [0.1, 0.15) is 11.4 Å². The zero-order valence-corrected chi connectivity index (χ0v) is 17.0. The lowest BCUT2D eigenvalue weighted by Gasteiger charge is -2.24. The number of aliphatic hydroxyl groups is 1. The summed E-state index contributed by atoms with van der Waals surface area (Å²) in [6.45, 7) is 5.85. The molecule has 7 nitrogen and oxygen atoms in total. The quantitative estimate of drug-likeness (QED) is 0.699. The Labute approximate surface area is 165 Å². The normalized spacial score (nSPS) is 15.3. The Morgan fingerprint density at radius 3 is 2.64 bits per heavy atom. The Morgan fingerprint density at radius 2 is 1.93 bits per heavy atom. The molecule has 152 valence electrons. The van der Waals surface area contributed by atoms with Crippen LogP contribution in [0.4, 0.5) is 0 Å². The largest absolute Gasteiger partial charge is 0.493 e. The fraction of sp³-hybridized carbons (Fsp3) is 0.400. The van der Waals surface area contributed by atoms with Crippen LogP contribution < -0.4 is 18.9 Å². The van der Waals surface area contributed by atoms with E-state index >= 15 is 0 Å². The van der Waals surface area contributed by atoms with Crippen LogP contribution in [0.15, 0.2) is 41.3 Å². The van der Waals surface area contributed by atoms with Gasteiger partial charge in [0.25, 0.3) is 0 Å². The van der Waals surface area contributed by atoms with Gasteiger partial charge in [0.05, 0.1) is 11.5 Å². The maximum absolute atomic E-state index is 12.7. The molecule has 0 aliphatic carbocycles. The lowest BCUT2D eigenvalue weighted by Crippen LogP contribution is -2.38. The topological polar surface area (TPSA) is 94.1 Å². The van der Waals surface area contributed by atoms with Crippen LogP contribution in [0.3, 0.4) is 0 Å². The molecule has 28 heavy (non-hydrogen) atoms. The van der Waals surface area contributed by atoms with E-state index in [9.17, 15) is 13.5 Å². The van der Waals surface area contributed by atoms with E-state index in [0.29, 0.717) is 29.4 Å². The first kappa shape index (κ1) is 20.4. The van der Waals surface area contributed by atoms with E-state index in [2.05, 4.69) is 4.72 Å². The molecule has 0 radical (unpaired) electrons. The molecule has 1 aliphatic rings. The maximum atomic E-state index is 12.7. The van der Waals surface area contributed by atoms with Crippen LogP contribution in [0.2, 0.25) is 0 Å². The minimum absolute atomic E-state index is 0.121. The predicted octanol–water partition coefficient (Wildman–Crippen LogP) is 2.70. The van der Waals surface area contributed by atoms with E-state index in [1.54, 1.807) is 44.2 Å². The van der Waals surface area contributed by atoms with Crippen LogP contribution in [0.1, 0.15) is 31.4 Å². The molecule has 1 aliphatic heterocycles.